The summed E-state index contributed by atoms with van der Waals surface area (Å²) in [5.41, 5.74) is -0.0328. The lowest BCUT2D eigenvalue weighted by Gasteiger charge is -2.45. The third kappa shape index (κ3) is 2.47. The zero-order chi connectivity index (χ0) is 16.0. The molecule has 0 N–H and O–H groups in total. The number of piperidine rings is 1. The second-order valence-corrected chi connectivity index (χ2v) is 7.48. The minimum Gasteiger partial charge on any atom is -0.383 e. The Hall–Kier alpha value is -1.14. The highest BCUT2D eigenvalue weighted by Gasteiger charge is 2.59. The molecule has 1 saturated carbocycles. The lowest BCUT2D eigenvalue weighted by molar-refractivity contribution is -0.138. The predicted molar refractivity (Wildman–Crippen MR) is 82.7 cm³/mol. The van der Waals surface area contributed by atoms with E-state index in [0.717, 1.165) is 45.6 Å². The molecule has 6 nitrogen and oxygen atoms in total. The molecule has 128 valence electrons. The summed E-state index contributed by atoms with van der Waals surface area (Å²) >= 11 is 0. The Morgan fingerprint density at radius 1 is 1.26 bits per heavy atom. The lowest BCUT2D eigenvalue weighted by Crippen LogP contribution is -2.55. The van der Waals surface area contributed by atoms with Crippen molar-refractivity contribution in [3.8, 4) is 0 Å². The Bertz CT molecular complexity index is 491. The first kappa shape index (κ1) is 15.4. The first-order valence-corrected chi connectivity index (χ1v) is 8.82. The van der Waals surface area contributed by atoms with Gasteiger partial charge in [0.1, 0.15) is 0 Å². The van der Waals surface area contributed by atoms with Gasteiger partial charge in [-0.25, -0.2) is 0 Å². The van der Waals surface area contributed by atoms with Gasteiger partial charge in [0.05, 0.1) is 19.8 Å². The molecule has 3 heterocycles. The maximum absolute atomic E-state index is 12.7. The molecule has 0 aromatic carbocycles. The van der Waals surface area contributed by atoms with Gasteiger partial charge in [-0.05, 0) is 31.1 Å². The quantitative estimate of drug-likeness (QED) is 0.757. The summed E-state index contributed by atoms with van der Waals surface area (Å²) in [6.07, 6.45) is 3.39. The summed E-state index contributed by atoms with van der Waals surface area (Å²) in [5, 5.41) is 0. The molecular weight excluding hydrogens is 296 g/mol. The van der Waals surface area contributed by atoms with Crippen molar-refractivity contribution < 1.29 is 19.1 Å². The molecule has 3 atom stereocenters. The van der Waals surface area contributed by atoms with E-state index in [1.54, 1.807) is 7.11 Å². The van der Waals surface area contributed by atoms with E-state index in [9.17, 15) is 9.59 Å². The number of rotatable bonds is 4. The van der Waals surface area contributed by atoms with Crippen LogP contribution in [0.1, 0.15) is 25.7 Å². The number of amides is 2. The molecule has 4 aliphatic rings. The molecule has 4 fully saturated rings. The van der Waals surface area contributed by atoms with E-state index in [1.165, 1.54) is 0 Å². The average Bonchev–Trinajstić information content (AvgIpc) is 2.89. The third-order valence-electron chi connectivity index (χ3n) is 6.44. The number of ether oxygens (including phenoxy) is 2. The van der Waals surface area contributed by atoms with Crippen molar-refractivity contribution in [3.05, 3.63) is 0 Å². The highest BCUT2D eigenvalue weighted by Crippen LogP contribution is 2.52. The topological polar surface area (TPSA) is 59.1 Å². The highest BCUT2D eigenvalue weighted by atomic mass is 16.5. The summed E-state index contributed by atoms with van der Waals surface area (Å²) in [7, 11) is 1.67. The van der Waals surface area contributed by atoms with Gasteiger partial charge in [0, 0.05) is 44.6 Å². The van der Waals surface area contributed by atoms with Crippen molar-refractivity contribution in [1.29, 1.82) is 0 Å². The molecule has 1 spiro atoms. The Balaban J connectivity index is 1.36. The Kier molecular flexibility index (Phi) is 3.84. The molecule has 3 aliphatic heterocycles. The first-order valence-electron chi connectivity index (χ1n) is 8.82. The summed E-state index contributed by atoms with van der Waals surface area (Å²) in [6.45, 7) is 4.35. The predicted octanol–water partition coefficient (Wildman–Crippen LogP) is 0.509. The third-order valence-corrected chi connectivity index (χ3v) is 6.44. The molecule has 1 aliphatic carbocycles. The van der Waals surface area contributed by atoms with Crippen LogP contribution in [-0.2, 0) is 19.1 Å². The van der Waals surface area contributed by atoms with Crippen LogP contribution >= 0.6 is 0 Å². The van der Waals surface area contributed by atoms with Crippen LogP contribution in [-0.4, -0.2) is 73.7 Å². The summed E-state index contributed by atoms with van der Waals surface area (Å²) in [6, 6.07) is 0. The van der Waals surface area contributed by atoms with Gasteiger partial charge in [-0.2, -0.15) is 0 Å². The van der Waals surface area contributed by atoms with E-state index in [4.69, 9.17) is 9.47 Å². The molecule has 3 saturated heterocycles. The number of likely N-dealkylation sites (tertiary alicyclic amines) is 2. The second kappa shape index (κ2) is 5.74. The van der Waals surface area contributed by atoms with Gasteiger partial charge in [0.2, 0.25) is 11.8 Å². The number of hydrogen-bond donors (Lipinski definition) is 0. The Morgan fingerprint density at radius 3 is 2.61 bits per heavy atom. The van der Waals surface area contributed by atoms with Crippen molar-refractivity contribution in [1.82, 2.24) is 9.80 Å². The van der Waals surface area contributed by atoms with Gasteiger partial charge in [-0.1, -0.05) is 0 Å². The number of carbonyl (C=O) groups is 2. The van der Waals surface area contributed by atoms with E-state index in [0.29, 0.717) is 37.3 Å². The maximum atomic E-state index is 12.7. The average molecular weight is 322 g/mol. The van der Waals surface area contributed by atoms with E-state index in [-0.39, 0.29) is 17.4 Å². The summed E-state index contributed by atoms with van der Waals surface area (Å²) in [4.78, 5) is 28.9. The zero-order valence-electron chi connectivity index (χ0n) is 13.8. The fourth-order valence-electron chi connectivity index (χ4n) is 4.90. The van der Waals surface area contributed by atoms with Crippen molar-refractivity contribution in [2.45, 2.75) is 31.2 Å². The molecule has 4 rings (SSSR count). The number of hydrogen-bond acceptors (Lipinski definition) is 4. The van der Waals surface area contributed by atoms with Crippen LogP contribution in [0, 0.1) is 17.8 Å². The Labute approximate surface area is 137 Å². The molecule has 2 amide bonds. The van der Waals surface area contributed by atoms with Crippen molar-refractivity contribution >= 4 is 11.8 Å². The van der Waals surface area contributed by atoms with Gasteiger partial charge in [0.15, 0.2) is 0 Å². The summed E-state index contributed by atoms with van der Waals surface area (Å²) in [5.74, 6) is 1.74. The second-order valence-electron chi connectivity index (χ2n) is 7.48. The highest BCUT2D eigenvalue weighted by molar-refractivity contribution is 5.83. The van der Waals surface area contributed by atoms with Gasteiger partial charge in [0.25, 0.3) is 0 Å². The van der Waals surface area contributed by atoms with Crippen molar-refractivity contribution in [2.24, 2.45) is 17.8 Å². The SMILES string of the molecule is COCCN1C(=O)CCC12CCN(C(=O)C1[C@H]3COC[C@@H]13)CC2. The van der Waals surface area contributed by atoms with Crippen LogP contribution in [0.15, 0.2) is 0 Å². The van der Waals surface area contributed by atoms with Crippen LogP contribution in [0.2, 0.25) is 0 Å². The first-order chi connectivity index (χ1) is 11.2. The van der Waals surface area contributed by atoms with Crippen LogP contribution in [0.5, 0.6) is 0 Å². The monoisotopic (exact) mass is 322 g/mol. The number of fused-ring (bicyclic) bond motifs is 1. The van der Waals surface area contributed by atoms with E-state index >= 15 is 0 Å². The normalized spacial score (nSPS) is 35.0. The van der Waals surface area contributed by atoms with E-state index < -0.39 is 0 Å². The van der Waals surface area contributed by atoms with Crippen molar-refractivity contribution in [3.63, 3.8) is 0 Å². The number of nitrogens with zero attached hydrogens (tertiary/aromatic N) is 2. The fraction of sp³-hybridized carbons (Fsp3) is 0.882. The van der Waals surface area contributed by atoms with Gasteiger partial charge in [-0.15, -0.1) is 0 Å². The van der Waals surface area contributed by atoms with Gasteiger partial charge in [-0.3, -0.25) is 9.59 Å². The van der Waals surface area contributed by atoms with Crippen molar-refractivity contribution in [2.75, 3.05) is 46.6 Å². The number of carbonyl (C=O) groups excluding carboxylic acids is 2. The number of methoxy groups -OCH3 is 1. The molecule has 0 aromatic heterocycles. The molecule has 1 unspecified atom stereocenters. The molecule has 23 heavy (non-hydrogen) atoms. The lowest BCUT2D eigenvalue weighted by atomic mass is 9.84. The fourth-order valence-corrected chi connectivity index (χ4v) is 4.90. The maximum Gasteiger partial charge on any atom is 0.226 e. The molecular formula is C17H26N2O4. The van der Waals surface area contributed by atoms with E-state index in [1.807, 2.05) is 9.80 Å². The van der Waals surface area contributed by atoms with Crippen LogP contribution in [0.4, 0.5) is 0 Å². The molecule has 0 aromatic rings. The van der Waals surface area contributed by atoms with Gasteiger partial charge < -0.3 is 19.3 Å². The summed E-state index contributed by atoms with van der Waals surface area (Å²) < 4.78 is 10.5. The molecule has 0 bridgehead atoms. The van der Waals surface area contributed by atoms with Crippen LogP contribution in [0.3, 0.4) is 0 Å². The van der Waals surface area contributed by atoms with Gasteiger partial charge >= 0.3 is 0 Å². The largest absolute Gasteiger partial charge is 0.383 e. The molecule has 6 heteroatoms. The smallest absolute Gasteiger partial charge is 0.226 e. The minimum absolute atomic E-state index is 0.0328. The minimum atomic E-state index is -0.0328. The molecule has 0 radical (unpaired) electrons. The van der Waals surface area contributed by atoms with Crippen LogP contribution < -0.4 is 0 Å². The standard InChI is InChI=1S/C17H26N2O4/c1-22-9-8-19-14(20)2-3-17(19)4-6-18(7-5-17)16(21)15-12-10-23-11-13(12)15/h12-13,15H,2-11H2,1H3/t12-,13+,15?. The van der Waals surface area contributed by atoms with Crippen LogP contribution in [0.25, 0.3) is 0 Å². The Morgan fingerprint density at radius 2 is 1.96 bits per heavy atom. The zero-order valence-corrected chi connectivity index (χ0v) is 13.8. The van der Waals surface area contributed by atoms with E-state index in [2.05, 4.69) is 0 Å².